The van der Waals surface area contributed by atoms with Crippen LogP contribution in [0.25, 0.3) is 0 Å². The first-order valence-corrected chi connectivity index (χ1v) is 7.75. The van der Waals surface area contributed by atoms with Gasteiger partial charge < -0.3 is 5.32 Å². The molecule has 0 unspecified atom stereocenters. The van der Waals surface area contributed by atoms with E-state index in [1.54, 1.807) is 18.2 Å². The fourth-order valence-corrected chi connectivity index (χ4v) is 2.56. The zero-order valence-corrected chi connectivity index (χ0v) is 12.9. The molecular formula is C18H17F3N2O. The van der Waals surface area contributed by atoms with Crippen LogP contribution in [-0.4, -0.2) is 23.4 Å². The van der Waals surface area contributed by atoms with E-state index in [2.05, 4.69) is 5.32 Å². The molecule has 0 saturated heterocycles. The van der Waals surface area contributed by atoms with Gasteiger partial charge in [-0.25, -0.2) is 13.2 Å². The van der Waals surface area contributed by atoms with E-state index in [-0.39, 0.29) is 30.0 Å². The second-order valence-electron chi connectivity index (χ2n) is 5.90. The van der Waals surface area contributed by atoms with Gasteiger partial charge in [-0.1, -0.05) is 18.2 Å². The largest absolute Gasteiger partial charge is 0.325 e. The van der Waals surface area contributed by atoms with E-state index in [9.17, 15) is 18.0 Å². The van der Waals surface area contributed by atoms with Crippen LogP contribution >= 0.6 is 0 Å². The van der Waals surface area contributed by atoms with Crippen molar-refractivity contribution in [1.29, 1.82) is 0 Å². The zero-order chi connectivity index (χ0) is 17.1. The molecule has 1 amide bonds. The molecule has 3 rings (SSSR count). The highest BCUT2D eigenvalue weighted by Crippen LogP contribution is 2.28. The quantitative estimate of drug-likeness (QED) is 0.873. The second-order valence-corrected chi connectivity index (χ2v) is 5.90. The smallest absolute Gasteiger partial charge is 0.238 e. The van der Waals surface area contributed by atoms with Crippen molar-refractivity contribution in [1.82, 2.24) is 4.90 Å². The van der Waals surface area contributed by atoms with Crippen molar-refractivity contribution >= 4 is 11.6 Å². The molecule has 1 N–H and O–H groups in total. The molecule has 1 aliphatic rings. The number of hydrogen-bond acceptors (Lipinski definition) is 2. The van der Waals surface area contributed by atoms with E-state index < -0.39 is 11.6 Å². The summed E-state index contributed by atoms with van der Waals surface area (Å²) in [7, 11) is 0. The average Bonchev–Trinajstić information content (AvgIpc) is 3.37. The Balaban J connectivity index is 1.64. The number of anilines is 1. The number of hydrogen-bond donors (Lipinski definition) is 1. The van der Waals surface area contributed by atoms with Crippen LogP contribution in [0.5, 0.6) is 0 Å². The third kappa shape index (κ3) is 4.14. The van der Waals surface area contributed by atoms with Crippen LogP contribution < -0.4 is 5.32 Å². The lowest BCUT2D eigenvalue weighted by Gasteiger charge is -2.21. The number of amides is 1. The molecule has 1 saturated carbocycles. The van der Waals surface area contributed by atoms with Gasteiger partial charge in [-0.3, -0.25) is 9.69 Å². The number of nitrogens with one attached hydrogen (secondary N) is 1. The summed E-state index contributed by atoms with van der Waals surface area (Å²) in [6.45, 7) is 0.403. The van der Waals surface area contributed by atoms with E-state index >= 15 is 0 Å². The molecule has 2 aromatic carbocycles. The Hall–Kier alpha value is -2.34. The highest BCUT2D eigenvalue weighted by Gasteiger charge is 2.30. The topological polar surface area (TPSA) is 32.3 Å². The van der Waals surface area contributed by atoms with E-state index in [0.717, 1.165) is 25.0 Å². The maximum Gasteiger partial charge on any atom is 0.238 e. The van der Waals surface area contributed by atoms with Gasteiger partial charge in [0.25, 0.3) is 0 Å². The van der Waals surface area contributed by atoms with Gasteiger partial charge in [-0.2, -0.15) is 0 Å². The molecule has 24 heavy (non-hydrogen) atoms. The summed E-state index contributed by atoms with van der Waals surface area (Å²) in [6, 6.07) is 9.91. The van der Waals surface area contributed by atoms with Gasteiger partial charge >= 0.3 is 0 Å². The molecule has 1 aliphatic carbocycles. The van der Waals surface area contributed by atoms with Crippen molar-refractivity contribution < 1.29 is 18.0 Å². The lowest BCUT2D eigenvalue weighted by Crippen LogP contribution is -2.34. The third-order valence-corrected chi connectivity index (χ3v) is 3.94. The van der Waals surface area contributed by atoms with Gasteiger partial charge in [0.15, 0.2) is 11.6 Å². The highest BCUT2D eigenvalue weighted by molar-refractivity contribution is 5.92. The Labute approximate surface area is 138 Å². The number of nitrogens with zero attached hydrogens (tertiary/aromatic N) is 1. The van der Waals surface area contributed by atoms with Crippen molar-refractivity contribution in [3.05, 3.63) is 65.5 Å². The highest BCUT2D eigenvalue weighted by atomic mass is 19.2. The van der Waals surface area contributed by atoms with Crippen molar-refractivity contribution in [3.8, 4) is 0 Å². The zero-order valence-electron chi connectivity index (χ0n) is 12.9. The monoisotopic (exact) mass is 334 g/mol. The Kier molecular flexibility index (Phi) is 4.85. The van der Waals surface area contributed by atoms with Crippen molar-refractivity contribution in [2.45, 2.75) is 25.4 Å². The maximum atomic E-state index is 13.8. The summed E-state index contributed by atoms with van der Waals surface area (Å²) in [5.41, 5.74) is 0.727. The first-order valence-electron chi connectivity index (χ1n) is 7.75. The minimum Gasteiger partial charge on any atom is -0.325 e. The number of halogens is 3. The van der Waals surface area contributed by atoms with Crippen molar-refractivity contribution in [2.75, 3.05) is 11.9 Å². The van der Waals surface area contributed by atoms with Gasteiger partial charge in [0, 0.05) is 29.9 Å². The van der Waals surface area contributed by atoms with Crippen molar-refractivity contribution in [2.24, 2.45) is 0 Å². The summed E-state index contributed by atoms with van der Waals surface area (Å²) < 4.78 is 39.9. The molecule has 0 aromatic heterocycles. The first kappa shape index (κ1) is 16.5. The molecule has 0 heterocycles. The molecule has 1 fully saturated rings. The molecule has 6 heteroatoms. The summed E-state index contributed by atoms with van der Waals surface area (Å²) in [6.07, 6.45) is 1.93. The first-order chi connectivity index (χ1) is 11.5. The Morgan fingerprint density at radius 1 is 1.04 bits per heavy atom. The maximum absolute atomic E-state index is 13.8. The summed E-state index contributed by atoms with van der Waals surface area (Å²) in [5.74, 6) is -2.63. The minimum absolute atomic E-state index is 0.0675. The predicted molar refractivity (Wildman–Crippen MR) is 84.8 cm³/mol. The fourth-order valence-electron chi connectivity index (χ4n) is 2.56. The van der Waals surface area contributed by atoms with Gasteiger partial charge in [-0.05, 0) is 31.0 Å². The van der Waals surface area contributed by atoms with Crippen LogP contribution in [0.15, 0.2) is 42.5 Å². The molecule has 2 aromatic rings. The standard InChI is InChI=1S/C18H17F3N2O/c19-15-4-2-1-3-12(15)10-23(14-6-7-14)11-18(24)22-13-5-8-16(20)17(21)9-13/h1-5,8-9,14H,6-7,10-11H2,(H,22,24). The fraction of sp³-hybridized carbons (Fsp3) is 0.278. The van der Waals surface area contributed by atoms with Crippen LogP contribution in [0.2, 0.25) is 0 Å². The minimum atomic E-state index is -1.02. The van der Waals surface area contributed by atoms with Crippen LogP contribution in [-0.2, 0) is 11.3 Å². The van der Waals surface area contributed by atoms with Gasteiger partial charge in [0.1, 0.15) is 5.82 Å². The SMILES string of the molecule is O=C(CN(Cc1ccccc1F)C1CC1)Nc1ccc(F)c(F)c1. The Morgan fingerprint density at radius 2 is 1.79 bits per heavy atom. The van der Waals surface area contributed by atoms with Gasteiger partial charge in [0.2, 0.25) is 5.91 Å². The number of carbonyl (C=O) groups is 1. The summed E-state index contributed by atoms with van der Waals surface area (Å²) in [4.78, 5) is 14.1. The molecule has 0 radical (unpaired) electrons. The Bertz CT molecular complexity index is 747. The Morgan fingerprint density at radius 3 is 2.46 bits per heavy atom. The average molecular weight is 334 g/mol. The van der Waals surface area contributed by atoms with Crippen LogP contribution in [0.4, 0.5) is 18.9 Å². The molecule has 0 bridgehead atoms. The van der Waals surface area contributed by atoms with Crippen LogP contribution in [0.1, 0.15) is 18.4 Å². The van der Waals surface area contributed by atoms with Crippen molar-refractivity contribution in [3.63, 3.8) is 0 Å². The van der Waals surface area contributed by atoms with E-state index in [1.165, 1.54) is 12.1 Å². The predicted octanol–water partition coefficient (Wildman–Crippen LogP) is 3.71. The van der Waals surface area contributed by atoms with Crippen LogP contribution in [0, 0.1) is 17.5 Å². The number of benzene rings is 2. The summed E-state index contributed by atoms with van der Waals surface area (Å²) in [5, 5.41) is 2.54. The van der Waals surface area contributed by atoms with Crippen LogP contribution in [0.3, 0.4) is 0 Å². The number of carbonyl (C=O) groups excluding carboxylic acids is 1. The molecule has 0 aliphatic heterocycles. The van der Waals surface area contributed by atoms with E-state index in [0.29, 0.717) is 12.1 Å². The third-order valence-electron chi connectivity index (χ3n) is 3.94. The number of rotatable bonds is 6. The van der Waals surface area contributed by atoms with Gasteiger partial charge in [0.05, 0.1) is 6.54 Å². The lowest BCUT2D eigenvalue weighted by molar-refractivity contribution is -0.117. The molecular weight excluding hydrogens is 317 g/mol. The molecule has 0 atom stereocenters. The van der Waals surface area contributed by atoms with E-state index in [1.807, 2.05) is 4.90 Å². The molecule has 126 valence electrons. The molecule has 3 nitrogen and oxygen atoms in total. The second kappa shape index (κ2) is 7.05. The molecule has 0 spiro atoms. The normalized spacial score (nSPS) is 14.0. The summed E-state index contributed by atoms with van der Waals surface area (Å²) >= 11 is 0. The van der Waals surface area contributed by atoms with E-state index in [4.69, 9.17) is 0 Å². The lowest BCUT2D eigenvalue weighted by atomic mass is 10.2. The van der Waals surface area contributed by atoms with Gasteiger partial charge in [-0.15, -0.1) is 0 Å².